The number of nitrogens with two attached hydrogens (primary N) is 1. The van der Waals surface area contributed by atoms with Gasteiger partial charge in [-0.25, -0.2) is 9.18 Å². The van der Waals surface area contributed by atoms with Crippen molar-refractivity contribution in [3.05, 3.63) is 0 Å². The quantitative estimate of drug-likeness (QED) is 0.622. The number of carbonyl (C=O) groups excluding carboxylic acids is 1. The van der Waals surface area contributed by atoms with Crippen LogP contribution >= 0.6 is 0 Å². The van der Waals surface area contributed by atoms with Crippen molar-refractivity contribution in [2.75, 3.05) is 6.54 Å². The molecule has 0 aromatic carbocycles. The zero-order valence-corrected chi connectivity index (χ0v) is 6.20. The van der Waals surface area contributed by atoms with Gasteiger partial charge in [0.05, 0.1) is 6.54 Å². The van der Waals surface area contributed by atoms with Crippen LogP contribution in [0.2, 0.25) is 0 Å². The molecule has 1 unspecified atom stereocenters. The normalized spacial score (nSPS) is 16.8. The van der Waals surface area contributed by atoms with E-state index in [1.165, 1.54) is 5.32 Å². The van der Waals surface area contributed by atoms with E-state index in [9.17, 15) is 22.4 Å². The van der Waals surface area contributed by atoms with Crippen molar-refractivity contribution < 1.29 is 22.4 Å². The van der Waals surface area contributed by atoms with Crippen LogP contribution < -0.4 is 11.1 Å². The van der Waals surface area contributed by atoms with E-state index in [1.54, 1.807) is 0 Å². The number of rotatable bonds is 2. The first-order valence-electron chi connectivity index (χ1n) is 2.96. The molecule has 0 saturated carbocycles. The Labute approximate surface area is 65.9 Å². The molecule has 0 spiro atoms. The van der Waals surface area contributed by atoms with E-state index in [4.69, 9.17) is 0 Å². The van der Waals surface area contributed by atoms with E-state index in [0.717, 1.165) is 0 Å². The van der Waals surface area contributed by atoms with Crippen molar-refractivity contribution >= 4 is 6.03 Å². The van der Waals surface area contributed by atoms with Gasteiger partial charge in [-0.05, 0) is 6.92 Å². The average Bonchev–Trinajstić information content (AvgIpc) is 1.81. The van der Waals surface area contributed by atoms with Gasteiger partial charge >= 0.3 is 12.2 Å². The van der Waals surface area contributed by atoms with Crippen LogP contribution in [0.5, 0.6) is 0 Å². The Bertz CT molecular complexity index is 177. The zero-order valence-electron chi connectivity index (χ0n) is 6.20. The average molecular weight is 188 g/mol. The first kappa shape index (κ1) is 11.0. The minimum absolute atomic E-state index is 0.322. The van der Waals surface area contributed by atoms with Crippen molar-refractivity contribution in [1.29, 1.82) is 0 Å². The Kier molecular flexibility index (Phi) is 2.89. The zero-order chi connectivity index (χ0) is 9.99. The Hall–Kier alpha value is -1.01. The number of carbonyl (C=O) groups is 1. The van der Waals surface area contributed by atoms with E-state index in [2.05, 4.69) is 5.73 Å². The number of primary amides is 1. The summed E-state index contributed by atoms with van der Waals surface area (Å²) in [5, 5.41) is 1.54. The largest absolute Gasteiger partial charge is 0.423 e. The van der Waals surface area contributed by atoms with Crippen LogP contribution in [0.25, 0.3) is 0 Å². The summed E-state index contributed by atoms with van der Waals surface area (Å²) in [6.07, 6.45) is -5.00. The lowest BCUT2D eigenvalue weighted by atomic mass is 10.1. The van der Waals surface area contributed by atoms with Crippen molar-refractivity contribution in [2.24, 2.45) is 5.73 Å². The number of alkyl halides is 4. The fourth-order valence-electron chi connectivity index (χ4n) is 0.353. The van der Waals surface area contributed by atoms with Crippen molar-refractivity contribution in [1.82, 2.24) is 5.32 Å². The summed E-state index contributed by atoms with van der Waals surface area (Å²) < 4.78 is 47.7. The molecule has 1 atom stereocenters. The Balaban J connectivity index is 4.14. The Morgan fingerprint density at radius 1 is 1.42 bits per heavy atom. The summed E-state index contributed by atoms with van der Waals surface area (Å²) in [7, 11) is 0. The maximum absolute atomic E-state index is 12.6. The minimum Gasteiger partial charge on any atom is -0.352 e. The molecule has 3 nitrogen and oxygen atoms in total. The van der Waals surface area contributed by atoms with E-state index < -0.39 is 24.4 Å². The third kappa shape index (κ3) is 2.93. The van der Waals surface area contributed by atoms with Gasteiger partial charge in [-0.3, -0.25) is 0 Å². The smallest absolute Gasteiger partial charge is 0.352 e. The lowest BCUT2D eigenvalue weighted by Crippen LogP contribution is -2.49. The number of amides is 2. The third-order valence-corrected chi connectivity index (χ3v) is 1.19. The summed E-state index contributed by atoms with van der Waals surface area (Å²) >= 11 is 0. The summed E-state index contributed by atoms with van der Waals surface area (Å²) in [5.74, 6) is 0. The molecule has 7 heteroatoms. The van der Waals surface area contributed by atoms with E-state index in [0.29, 0.717) is 6.92 Å². The lowest BCUT2D eigenvalue weighted by molar-refractivity contribution is -0.220. The van der Waals surface area contributed by atoms with Gasteiger partial charge in [0.2, 0.25) is 5.67 Å². The second-order valence-electron chi connectivity index (χ2n) is 2.41. The molecule has 0 saturated heterocycles. The molecule has 0 rings (SSSR count). The van der Waals surface area contributed by atoms with Crippen LogP contribution in [0.3, 0.4) is 0 Å². The van der Waals surface area contributed by atoms with Crippen LogP contribution in [0.15, 0.2) is 0 Å². The van der Waals surface area contributed by atoms with Gasteiger partial charge < -0.3 is 11.1 Å². The highest BCUT2D eigenvalue weighted by molar-refractivity contribution is 5.71. The highest BCUT2D eigenvalue weighted by Gasteiger charge is 2.52. The summed E-state index contributed by atoms with van der Waals surface area (Å²) in [5.41, 5.74) is 1.02. The molecule has 0 aromatic rings. The summed E-state index contributed by atoms with van der Waals surface area (Å²) in [6, 6.07) is -1.19. The van der Waals surface area contributed by atoms with Crippen LogP contribution in [0.1, 0.15) is 6.92 Å². The van der Waals surface area contributed by atoms with Crippen molar-refractivity contribution in [2.45, 2.75) is 18.8 Å². The summed E-state index contributed by atoms with van der Waals surface area (Å²) in [4.78, 5) is 9.95. The second kappa shape index (κ2) is 3.16. The topological polar surface area (TPSA) is 55.1 Å². The molecule has 0 heterocycles. The number of nitrogens with one attached hydrogen (secondary N) is 1. The second-order valence-corrected chi connectivity index (χ2v) is 2.41. The number of hydrogen-bond acceptors (Lipinski definition) is 1. The molecule has 2 amide bonds. The molecule has 3 N–H and O–H groups in total. The molecular formula is C5H8F4N2O. The highest BCUT2D eigenvalue weighted by Crippen LogP contribution is 2.32. The summed E-state index contributed by atoms with van der Waals surface area (Å²) in [6.45, 7) is -0.852. The first-order chi connectivity index (χ1) is 5.17. The van der Waals surface area contributed by atoms with Gasteiger partial charge in [0.1, 0.15) is 0 Å². The van der Waals surface area contributed by atoms with E-state index in [1.807, 2.05) is 0 Å². The molecule has 0 aliphatic heterocycles. The first-order valence-corrected chi connectivity index (χ1v) is 2.96. The van der Waals surface area contributed by atoms with E-state index in [-0.39, 0.29) is 0 Å². The van der Waals surface area contributed by atoms with Crippen LogP contribution in [-0.2, 0) is 0 Å². The molecular weight excluding hydrogens is 180 g/mol. The fraction of sp³-hybridized carbons (Fsp3) is 0.800. The van der Waals surface area contributed by atoms with Crippen LogP contribution in [-0.4, -0.2) is 24.4 Å². The highest BCUT2D eigenvalue weighted by atomic mass is 19.4. The standard InChI is InChI=1S/C5H8F4N2O/c1-4(6,5(7,8)9)2-11-3(10)12/h2H2,1H3,(H3,10,11,12). The molecule has 12 heavy (non-hydrogen) atoms. The van der Waals surface area contributed by atoms with Crippen molar-refractivity contribution in [3.63, 3.8) is 0 Å². The molecule has 0 aliphatic carbocycles. The van der Waals surface area contributed by atoms with Crippen molar-refractivity contribution in [3.8, 4) is 0 Å². The fourth-order valence-corrected chi connectivity index (χ4v) is 0.353. The SMILES string of the molecule is CC(F)(CNC(N)=O)C(F)(F)F. The van der Waals surface area contributed by atoms with Crippen LogP contribution in [0.4, 0.5) is 22.4 Å². The van der Waals surface area contributed by atoms with Gasteiger partial charge in [-0.1, -0.05) is 0 Å². The molecule has 0 aliphatic rings. The Morgan fingerprint density at radius 2 is 1.83 bits per heavy atom. The van der Waals surface area contributed by atoms with Gasteiger partial charge in [-0.15, -0.1) is 0 Å². The monoisotopic (exact) mass is 188 g/mol. The van der Waals surface area contributed by atoms with Gasteiger partial charge in [-0.2, -0.15) is 13.2 Å². The predicted octanol–water partition coefficient (Wildman–Crippen LogP) is 0.945. The molecule has 72 valence electrons. The van der Waals surface area contributed by atoms with Gasteiger partial charge in [0.15, 0.2) is 0 Å². The maximum atomic E-state index is 12.6. The minimum atomic E-state index is -5.00. The number of halogens is 4. The maximum Gasteiger partial charge on any atom is 0.423 e. The molecule has 0 radical (unpaired) electrons. The lowest BCUT2D eigenvalue weighted by Gasteiger charge is -2.23. The molecule has 0 fully saturated rings. The number of hydrogen-bond donors (Lipinski definition) is 2. The van der Waals surface area contributed by atoms with Crippen LogP contribution in [0, 0.1) is 0 Å². The van der Waals surface area contributed by atoms with Gasteiger partial charge in [0.25, 0.3) is 0 Å². The van der Waals surface area contributed by atoms with E-state index >= 15 is 0 Å². The predicted molar refractivity (Wildman–Crippen MR) is 33.2 cm³/mol. The Morgan fingerprint density at radius 3 is 2.08 bits per heavy atom. The third-order valence-electron chi connectivity index (χ3n) is 1.19. The van der Waals surface area contributed by atoms with Gasteiger partial charge in [0, 0.05) is 0 Å². The molecule has 0 aromatic heterocycles. The molecule has 0 bridgehead atoms. The number of urea groups is 1.